The number of rotatable bonds is 6. The third-order valence-corrected chi connectivity index (χ3v) is 6.32. The molecule has 162 valence electrons. The molecule has 0 N–H and O–H groups in total. The normalized spacial score (nSPS) is 14.1. The van der Waals surface area contributed by atoms with E-state index in [4.69, 9.17) is 16.3 Å². The molecule has 3 aromatic carbocycles. The van der Waals surface area contributed by atoms with Crippen molar-refractivity contribution in [2.24, 2.45) is 4.40 Å². The van der Waals surface area contributed by atoms with E-state index in [1.807, 2.05) is 36.4 Å². The minimum atomic E-state index is -3.78. The smallest absolute Gasteiger partial charge is 0.330 e. The quantitative estimate of drug-likeness (QED) is 0.393. The molecule has 8 heteroatoms. The van der Waals surface area contributed by atoms with E-state index in [2.05, 4.69) is 4.40 Å². The Morgan fingerprint density at radius 2 is 1.75 bits per heavy atom. The van der Waals surface area contributed by atoms with Crippen LogP contribution in [-0.2, 0) is 19.6 Å². The molecule has 0 amide bonds. The second-order valence-corrected chi connectivity index (χ2v) is 8.94. The third kappa shape index (κ3) is 4.90. The van der Waals surface area contributed by atoms with Gasteiger partial charge in [-0.1, -0.05) is 54.1 Å². The van der Waals surface area contributed by atoms with Gasteiger partial charge in [0.15, 0.2) is 5.84 Å². The molecule has 0 bridgehead atoms. The van der Waals surface area contributed by atoms with E-state index < -0.39 is 16.0 Å². The van der Waals surface area contributed by atoms with E-state index >= 15 is 0 Å². The first-order chi connectivity index (χ1) is 15.4. The van der Waals surface area contributed by atoms with E-state index in [0.29, 0.717) is 16.4 Å². The number of ether oxygens (including phenoxy) is 1. The van der Waals surface area contributed by atoms with E-state index in [9.17, 15) is 13.2 Å². The number of sulfonamides is 1. The summed E-state index contributed by atoms with van der Waals surface area (Å²) in [6.45, 7) is 0.262. The van der Waals surface area contributed by atoms with Gasteiger partial charge in [0.25, 0.3) is 10.0 Å². The summed E-state index contributed by atoms with van der Waals surface area (Å²) < 4.78 is 34.3. The predicted octanol–water partition coefficient (Wildman–Crippen LogP) is 4.55. The van der Waals surface area contributed by atoms with Gasteiger partial charge in [-0.2, -0.15) is 8.42 Å². The Morgan fingerprint density at radius 1 is 1.00 bits per heavy atom. The van der Waals surface area contributed by atoms with Crippen LogP contribution in [0.5, 0.6) is 0 Å². The molecule has 0 radical (unpaired) electrons. The number of nitrogens with zero attached hydrogens (tertiary/aromatic N) is 2. The number of carbonyl (C=O) groups is 1. The van der Waals surface area contributed by atoms with Crippen molar-refractivity contribution in [2.45, 2.75) is 4.90 Å². The highest BCUT2D eigenvalue weighted by molar-refractivity contribution is 7.90. The minimum Gasteiger partial charge on any atom is -0.461 e. The number of anilines is 1. The zero-order chi connectivity index (χ0) is 22.6. The predicted molar refractivity (Wildman–Crippen MR) is 125 cm³/mol. The molecule has 0 saturated carbocycles. The molecule has 0 aliphatic carbocycles. The number of esters is 1. The van der Waals surface area contributed by atoms with E-state index in [1.54, 1.807) is 47.4 Å². The second-order valence-electron chi connectivity index (χ2n) is 6.93. The maximum atomic E-state index is 12.5. The van der Waals surface area contributed by atoms with Gasteiger partial charge >= 0.3 is 5.97 Å². The zero-order valence-electron chi connectivity index (χ0n) is 16.9. The van der Waals surface area contributed by atoms with Crippen molar-refractivity contribution in [2.75, 3.05) is 18.1 Å². The lowest BCUT2D eigenvalue weighted by molar-refractivity contribution is -0.137. The minimum absolute atomic E-state index is 0.0366. The Hall–Kier alpha value is -3.42. The maximum absolute atomic E-state index is 12.5. The van der Waals surface area contributed by atoms with Crippen molar-refractivity contribution in [1.29, 1.82) is 0 Å². The van der Waals surface area contributed by atoms with Crippen LogP contribution < -0.4 is 4.90 Å². The number of benzene rings is 3. The van der Waals surface area contributed by atoms with Crippen molar-refractivity contribution < 1.29 is 17.9 Å². The zero-order valence-corrected chi connectivity index (χ0v) is 18.5. The van der Waals surface area contributed by atoms with Crippen LogP contribution in [0, 0.1) is 0 Å². The first kappa shape index (κ1) is 21.8. The average molecular weight is 467 g/mol. The molecule has 0 unspecified atom stereocenters. The highest BCUT2D eigenvalue weighted by Crippen LogP contribution is 2.29. The van der Waals surface area contributed by atoms with E-state index in [-0.39, 0.29) is 18.0 Å². The summed E-state index contributed by atoms with van der Waals surface area (Å²) in [6.07, 6.45) is 2.94. The van der Waals surface area contributed by atoms with Crippen molar-refractivity contribution in [3.8, 4) is 0 Å². The summed E-state index contributed by atoms with van der Waals surface area (Å²) >= 11 is 5.95. The molecule has 0 aromatic heterocycles. The van der Waals surface area contributed by atoms with Crippen LogP contribution in [0.4, 0.5) is 5.69 Å². The number of carbonyl (C=O) groups excluding carboxylic acids is 1. The number of hydrogen-bond donors (Lipinski definition) is 0. The molecule has 1 heterocycles. The monoisotopic (exact) mass is 466 g/mol. The first-order valence-corrected chi connectivity index (χ1v) is 11.6. The third-order valence-electron chi connectivity index (χ3n) is 4.76. The van der Waals surface area contributed by atoms with Crippen LogP contribution in [0.2, 0.25) is 5.02 Å². The van der Waals surface area contributed by atoms with E-state index in [0.717, 1.165) is 11.3 Å². The number of fused-ring (bicyclic) bond motifs is 1. The van der Waals surface area contributed by atoms with Crippen LogP contribution in [0.25, 0.3) is 6.08 Å². The van der Waals surface area contributed by atoms with Crippen LogP contribution in [0.1, 0.15) is 11.1 Å². The lowest BCUT2D eigenvalue weighted by Crippen LogP contribution is -2.34. The van der Waals surface area contributed by atoms with Crippen molar-refractivity contribution in [3.05, 3.63) is 101 Å². The molecular formula is C24H19ClN2O4S. The van der Waals surface area contributed by atoms with Gasteiger partial charge in [-0.25, -0.2) is 4.79 Å². The van der Waals surface area contributed by atoms with E-state index in [1.165, 1.54) is 12.1 Å². The maximum Gasteiger partial charge on any atom is 0.330 e. The number of halogens is 1. The van der Waals surface area contributed by atoms with Crippen LogP contribution in [0.15, 0.2) is 94.2 Å². The molecule has 0 saturated heterocycles. The van der Waals surface area contributed by atoms with Crippen LogP contribution in [-0.4, -0.2) is 33.4 Å². The molecule has 0 fully saturated rings. The molecule has 32 heavy (non-hydrogen) atoms. The van der Waals surface area contributed by atoms with Crippen LogP contribution >= 0.6 is 11.6 Å². The Morgan fingerprint density at radius 3 is 2.53 bits per heavy atom. The lowest BCUT2D eigenvalue weighted by Gasteiger charge is -2.24. The SMILES string of the molecule is O=C(C=Cc1cccc(Cl)c1)OCCN(C1=NS(=O)(=O)c2ccccc21)c1ccccc1. The number of para-hydroxylation sites is 1. The topological polar surface area (TPSA) is 76.0 Å². The molecule has 6 nitrogen and oxygen atoms in total. The van der Waals surface area contributed by atoms with Gasteiger partial charge in [0, 0.05) is 22.3 Å². The Labute approximate surface area is 191 Å². The summed E-state index contributed by atoms with van der Waals surface area (Å²) in [5.74, 6) is -0.211. The Balaban J connectivity index is 1.50. The summed E-state index contributed by atoms with van der Waals surface area (Å²) in [4.78, 5) is 14.1. The fraction of sp³-hybridized carbons (Fsp3) is 0.0833. The molecule has 3 aromatic rings. The highest BCUT2D eigenvalue weighted by atomic mass is 35.5. The lowest BCUT2D eigenvalue weighted by atomic mass is 10.1. The van der Waals surface area contributed by atoms with Gasteiger partial charge in [-0.3, -0.25) is 0 Å². The molecular weight excluding hydrogens is 448 g/mol. The molecule has 1 aliphatic heterocycles. The largest absolute Gasteiger partial charge is 0.461 e. The van der Waals surface area contributed by atoms with Gasteiger partial charge in [0.05, 0.1) is 6.54 Å². The average Bonchev–Trinajstić information content (AvgIpc) is 3.07. The molecule has 4 rings (SSSR count). The number of amidine groups is 1. The van der Waals surface area contributed by atoms with Gasteiger partial charge in [0.2, 0.25) is 0 Å². The molecule has 0 atom stereocenters. The van der Waals surface area contributed by atoms with Crippen molar-refractivity contribution in [3.63, 3.8) is 0 Å². The fourth-order valence-electron chi connectivity index (χ4n) is 3.31. The summed E-state index contributed by atoms with van der Waals surface area (Å²) in [6, 6.07) is 23.0. The van der Waals surface area contributed by atoms with Gasteiger partial charge < -0.3 is 9.64 Å². The van der Waals surface area contributed by atoms with Gasteiger partial charge in [-0.15, -0.1) is 4.40 Å². The highest BCUT2D eigenvalue weighted by Gasteiger charge is 2.32. The summed E-state index contributed by atoms with van der Waals surface area (Å²) in [5.41, 5.74) is 2.04. The fourth-order valence-corrected chi connectivity index (χ4v) is 4.72. The second kappa shape index (κ2) is 9.38. The first-order valence-electron chi connectivity index (χ1n) is 9.81. The Kier molecular flexibility index (Phi) is 6.39. The molecule has 0 spiro atoms. The summed E-state index contributed by atoms with van der Waals surface area (Å²) in [7, 11) is -3.78. The van der Waals surface area contributed by atoms with Crippen LogP contribution in [0.3, 0.4) is 0 Å². The standard InChI is InChI=1S/C24H19ClN2O4S/c25-19-8-6-7-18(17-19)13-14-23(28)31-16-15-27(20-9-2-1-3-10-20)24-21-11-4-5-12-22(21)32(29,30)26-24/h1-14,17H,15-16H2. The van der Waals surface area contributed by atoms with Crippen molar-refractivity contribution >= 4 is 45.2 Å². The van der Waals surface area contributed by atoms with Crippen molar-refractivity contribution in [1.82, 2.24) is 0 Å². The van der Waals surface area contributed by atoms with Gasteiger partial charge in [0.1, 0.15) is 11.5 Å². The Bertz CT molecular complexity index is 1300. The van der Waals surface area contributed by atoms with Gasteiger partial charge in [-0.05, 0) is 48.0 Å². The number of hydrogen-bond acceptors (Lipinski definition) is 5. The molecule has 1 aliphatic rings. The summed E-state index contributed by atoms with van der Waals surface area (Å²) in [5, 5.41) is 0.576.